The number of pyridine rings is 1. The van der Waals surface area contributed by atoms with E-state index < -0.39 is 10.0 Å². The van der Waals surface area contributed by atoms with Gasteiger partial charge in [-0.25, -0.2) is 13.4 Å². The zero-order valence-electron chi connectivity index (χ0n) is 17.9. The molecule has 32 heavy (non-hydrogen) atoms. The molecule has 1 amide bonds. The smallest absolute Gasteiger partial charge is 0.257 e. The lowest BCUT2D eigenvalue weighted by atomic mass is 9.95. The Balaban J connectivity index is 1.46. The molecule has 0 atom stereocenters. The van der Waals surface area contributed by atoms with Crippen molar-refractivity contribution in [2.75, 3.05) is 11.9 Å². The predicted molar refractivity (Wildman–Crippen MR) is 126 cm³/mol. The van der Waals surface area contributed by atoms with E-state index >= 15 is 0 Å². The molecule has 168 valence electrons. The molecule has 1 fully saturated rings. The van der Waals surface area contributed by atoms with Gasteiger partial charge in [0.15, 0.2) is 5.13 Å². The van der Waals surface area contributed by atoms with E-state index in [1.807, 2.05) is 30.5 Å². The van der Waals surface area contributed by atoms with Gasteiger partial charge < -0.3 is 0 Å². The van der Waals surface area contributed by atoms with Crippen LogP contribution >= 0.6 is 11.3 Å². The van der Waals surface area contributed by atoms with Crippen molar-refractivity contribution in [3.63, 3.8) is 0 Å². The zero-order valence-corrected chi connectivity index (χ0v) is 19.5. The number of nitrogens with zero attached hydrogens (tertiary/aromatic N) is 3. The third-order valence-electron chi connectivity index (χ3n) is 5.67. The number of carbonyl (C=O) groups is 1. The molecule has 0 aliphatic heterocycles. The Morgan fingerprint density at radius 1 is 1.09 bits per heavy atom. The Labute approximate surface area is 192 Å². The molecule has 1 saturated carbocycles. The molecule has 0 saturated heterocycles. The summed E-state index contributed by atoms with van der Waals surface area (Å²) < 4.78 is 28.0. The number of thiazole rings is 1. The van der Waals surface area contributed by atoms with Crippen LogP contribution in [-0.2, 0) is 10.0 Å². The summed E-state index contributed by atoms with van der Waals surface area (Å²) in [7, 11) is -3.60. The van der Waals surface area contributed by atoms with Crippen LogP contribution in [0, 0.1) is 0 Å². The van der Waals surface area contributed by atoms with Crippen LogP contribution in [-0.4, -0.2) is 41.2 Å². The second-order valence-electron chi connectivity index (χ2n) is 7.73. The van der Waals surface area contributed by atoms with Crippen LogP contribution in [0.1, 0.15) is 49.4 Å². The summed E-state index contributed by atoms with van der Waals surface area (Å²) in [6, 6.07) is 11.7. The molecule has 1 aromatic carbocycles. The van der Waals surface area contributed by atoms with Gasteiger partial charge in [0.25, 0.3) is 5.91 Å². The number of aromatic nitrogens is 2. The van der Waals surface area contributed by atoms with Gasteiger partial charge in [-0.2, -0.15) is 4.31 Å². The molecular weight excluding hydrogens is 444 g/mol. The number of anilines is 1. The van der Waals surface area contributed by atoms with Gasteiger partial charge in [0, 0.05) is 29.7 Å². The van der Waals surface area contributed by atoms with Crippen molar-refractivity contribution in [2.45, 2.75) is 50.0 Å². The number of benzene rings is 1. The Morgan fingerprint density at radius 3 is 2.50 bits per heavy atom. The van der Waals surface area contributed by atoms with Crippen LogP contribution < -0.4 is 5.32 Å². The van der Waals surface area contributed by atoms with Gasteiger partial charge in [-0.3, -0.25) is 15.1 Å². The summed E-state index contributed by atoms with van der Waals surface area (Å²) in [5, 5.41) is 5.06. The molecule has 7 nitrogen and oxygen atoms in total. The second-order valence-corrected chi connectivity index (χ2v) is 10.5. The molecule has 4 rings (SSSR count). The average Bonchev–Trinajstić information content (AvgIpc) is 3.29. The monoisotopic (exact) mass is 470 g/mol. The lowest BCUT2D eigenvalue weighted by Gasteiger charge is -2.32. The molecule has 1 aliphatic rings. The van der Waals surface area contributed by atoms with Crippen LogP contribution in [0.3, 0.4) is 0 Å². The van der Waals surface area contributed by atoms with Crippen LogP contribution in [0.25, 0.3) is 11.4 Å². The van der Waals surface area contributed by atoms with E-state index in [4.69, 9.17) is 0 Å². The minimum Gasteiger partial charge on any atom is -0.298 e. The minimum absolute atomic E-state index is 0.0555. The molecular formula is C23H26N4O3S2. The van der Waals surface area contributed by atoms with E-state index in [9.17, 15) is 13.2 Å². The van der Waals surface area contributed by atoms with Crippen LogP contribution in [0.5, 0.6) is 0 Å². The van der Waals surface area contributed by atoms with Crippen molar-refractivity contribution in [2.24, 2.45) is 0 Å². The first-order valence-corrected chi connectivity index (χ1v) is 13.1. The highest BCUT2D eigenvalue weighted by atomic mass is 32.2. The highest BCUT2D eigenvalue weighted by molar-refractivity contribution is 7.89. The third-order valence-corrected chi connectivity index (χ3v) is 8.47. The van der Waals surface area contributed by atoms with Crippen LogP contribution in [0.4, 0.5) is 5.13 Å². The maximum Gasteiger partial charge on any atom is 0.257 e. The van der Waals surface area contributed by atoms with Crippen molar-refractivity contribution < 1.29 is 13.2 Å². The van der Waals surface area contributed by atoms with E-state index in [2.05, 4.69) is 15.3 Å². The third kappa shape index (κ3) is 4.90. The molecule has 0 bridgehead atoms. The first-order valence-electron chi connectivity index (χ1n) is 10.8. The van der Waals surface area contributed by atoms with E-state index in [0.29, 0.717) is 22.9 Å². The molecule has 9 heteroatoms. The molecule has 1 N–H and O–H groups in total. The number of amides is 1. The quantitative estimate of drug-likeness (QED) is 0.535. The number of rotatable bonds is 7. The summed E-state index contributed by atoms with van der Waals surface area (Å²) in [4.78, 5) is 21.5. The van der Waals surface area contributed by atoms with Gasteiger partial charge in [-0.05, 0) is 49.2 Å². The Kier molecular flexibility index (Phi) is 6.98. The van der Waals surface area contributed by atoms with Crippen molar-refractivity contribution in [3.05, 3.63) is 59.6 Å². The van der Waals surface area contributed by atoms with Crippen molar-refractivity contribution in [3.8, 4) is 11.4 Å². The van der Waals surface area contributed by atoms with Gasteiger partial charge in [0.2, 0.25) is 10.0 Å². The maximum atomic E-state index is 13.2. The van der Waals surface area contributed by atoms with E-state index in [1.54, 1.807) is 22.6 Å². The average molecular weight is 471 g/mol. The van der Waals surface area contributed by atoms with Gasteiger partial charge in [-0.15, -0.1) is 11.3 Å². The SMILES string of the molecule is CCN(C1CCCCC1)S(=O)(=O)c1ccc(C(=O)Nc2nc(-c3ccccn3)cs2)cc1. The van der Waals surface area contributed by atoms with Gasteiger partial charge in [0.05, 0.1) is 10.6 Å². The predicted octanol–water partition coefficient (Wildman–Crippen LogP) is 4.80. The normalized spacial score (nSPS) is 15.1. The maximum absolute atomic E-state index is 13.2. The number of hydrogen-bond donors (Lipinski definition) is 1. The largest absolute Gasteiger partial charge is 0.298 e. The second kappa shape index (κ2) is 9.89. The summed E-state index contributed by atoms with van der Waals surface area (Å²) in [6.07, 6.45) is 6.80. The highest BCUT2D eigenvalue weighted by Crippen LogP contribution is 2.28. The topological polar surface area (TPSA) is 92.3 Å². The minimum atomic E-state index is -3.60. The van der Waals surface area contributed by atoms with E-state index in [-0.39, 0.29) is 16.8 Å². The highest BCUT2D eigenvalue weighted by Gasteiger charge is 2.31. The number of hydrogen-bond acceptors (Lipinski definition) is 6. The lowest BCUT2D eigenvalue weighted by molar-refractivity contribution is 0.102. The first kappa shape index (κ1) is 22.6. The molecule has 1 aliphatic carbocycles. The molecule has 0 unspecified atom stereocenters. The fourth-order valence-corrected chi connectivity index (χ4v) is 6.43. The fourth-order valence-electron chi connectivity index (χ4n) is 4.04. The summed E-state index contributed by atoms with van der Waals surface area (Å²) in [6.45, 7) is 2.32. The number of sulfonamides is 1. The van der Waals surface area contributed by atoms with Crippen molar-refractivity contribution >= 4 is 32.4 Å². The molecule has 0 radical (unpaired) electrons. The van der Waals surface area contributed by atoms with Crippen LogP contribution in [0.15, 0.2) is 58.9 Å². The van der Waals surface area contributed by atoms with Gasteiger partial charge in [-0.1, -0.05) is 32.3 Å². The lowest BCUT2D eigenvalue weighted by Crippen LogP contribution is -2.41. The number of nitrogens with one attached hydrogen (secondary N) is 1. The molecule has 2 aromatic heterocycles. The van der Waals surface area contributed by atoms with Crippen LogP contribution in [0.2, 0.25) is 0 Å². The Bertz CT molecular complexity index is 1160. The summed E-state index contributed by atoms with van der Waals surface area (Å²) in [5.41, 5.74) is 1.80. The van der Waals surface area contributed by atoms with Crippen molar-refractivity contribution in [1.29, 1.82) is 0 Å². The molecule has 0 spiro atoms. The van der Waals surface area contributed by atoms with Crippen molar-refractivity contribution in [1.82, 2.24) is 14.3 Å². The summed E-state index contributed by atoms with van der Waals surface area (Å²) >= 11 is 1.31. The van der Waals surface area contributed by atoms with E-state index in [1.165, 1.54) is 29.9 Å². The summed E-state index contributed by atoms with van der Waals surface area (Å²) in [5.74, 6) is -0.338. The molecule has 3 aromatic rings. The zero-order chi connectivity index (χ0) is 22.6. The number of carbonyl (C=O) groups excluding carboxylic acids is 1. The van der Waals surface area contributed by atoms with E-state index in [0.717, 1.165) is 31.4 Å². The Morgan fingerprint density at radius 2 is 1.84 bits per heavy atom. The first-order chi connectivity index (χ1) is 15.5. The van der Waals surface area contributed by atoms with Gasteiger partial charge in [0.1, 0.15) is 5.69 Å². The fraction of sp³-hybridized carbons (Fsp3) is 0.348. The Hall–Kier alpha value is -2.62. The molecule has 2 heterocycles. The standard InChI is InChI=1S/C23H26N4O3S2/c1-2-27(18-8-4-3-5-9-18)32(29,30)19-13-11-17(12-14-19)22(28)26-23-25-21(16-31-23)20-10-6-7-15-24-20/h6-7,10-16,18H,2-5,8-9H2,1H3,(H,25,26,28). The van der Waals surface area contributed by atoms with Gasteiger partial charge >= 0.3 is 0 Å².